The molecule has 9 heteroatoms. The second-order valence-electron chi connectivity index (χ2n) is 5.71. The van der Waals surface area contributed by atoms with Gasteiger partial charge in [0, 0.05) is 18.2 Å². The van der Waals surface area contributed by atoms with Gasteiger partial charge in [0.2, 0.25) is 18.5 Å². The maximum atomic E-state index is 11.8. The number of ether oxygens (including phenoxy) is 2. The van der Waals surface area contributed by atoms with Gasteiger partial charge in [-0.2, -0.15) is 4.98 Å². The van der Waals surface area contributed by atoms with E-state index < -0.39 is 0 Å². The van der Waals surface area contributed by atoms with E-state index >= 15 is 0 Å². The Morgan fingerprint density at radius 2 is 2.04 bits per heavy atom. The number of aromatic nitrogens is 2. The van der Waals surface area contributed by atoms with E-state index in [9.17, 15) is 4.79 Å². The van der Waals surface area contributed by atoms with Gasteiger partial charge in [-0.15, -0.1) is 0 Å². The van der Waals surface area contributed by atoms with E-state index in [1.165, 1.54) is 0 Å². The number of carbonyl (C=O) groups is 1. The fourth-order valence-electron chi connectivity index (χ4n) is 2.60. The van der Waals surface area contributed by atoms with Gasteiger partial charge in [-0.1, -0.05) is 16.8 Å². The number of fused-ring (bicyclic) bond motifs is 1. The Bertz CT molecular complexity index is 1000. The predicted octanol–water partition coefficient (Wildman–Crippen LogP) is 3.09. The van der Waals surface area contributed by atoms with Crippen molar-refractivity contribution >= 4 is 23.2 Å². The summed E-state index contributed by atoms with van der Waals surface area (Å²) in [5.41, 5.74) is 1.85. The molecule has 1 aliphatic rings. The Kier molecular flexibility index (Phi) is 4.55. The standard InChI is InChI=1S/C18H15ClN4O4/c1-20-18(24)11-2-4-12(19)13(6-11)21-8-16-22-17(23-27-16)10-3-5-14-15(7-10)26-9-25-14/h2-7,21H,8-9H2,1H3,(H,20,24). The first-order chi connectivity index (χ1) is 13.1. The Morgan fingerprint density at radius 3 is 2.89 bits per heavy atom. The fraction of sp³-hybridized carbons (Fsp3) is 0.167. The molecule has 0 bridgehead atoms. The van der Waals surface area contributed by atoms with E-state index in [-0.39, 0.29) is 19.2 Å². The molecule has 0 spiro atoms. The summed E-state index contributed by atoms with van der Waals surface area (Å²) < 4.78 is 15.9. The molecule has 1 aliphatic heterocycles. The molecule has 4 rings (SSSR count). The summed E-state index contributed by atoms with van der Waals surface area (Å²) in [5.74, 6) is 1.96. The molecular formula is C18H15ClN4O4. The van der Waals surface area contributed by atoms with Gasteiger partial charge in [0.1, 0.15) is 0 Å². The molecule has 2 heterocycles. The number of nitrogens with one attached hydrogen (secondary N) is 2. The number of halogens is 1. The van der Waals surface area contributed by atoms with E-state index in [4.69, 9.17) is 25.6 Å². The molecule has 0 atom stereocenters. The normalized spacial score (nSPS) is 12.1. The first-order valence-electron chi connectivity index (χ1n) is 8.12. The van der Waals surface area contributed by atoms with E-state index in [0.29, 0.717) is 39.5 Å². The highest BCUT2D eigenvalue weighted by Crippen LogP contribution is 2.35. The van der Waals surface area contributed by atoms with Gasteiger partial charge in [-0.3, -0.25) is 4.79 Å². The first-order valence-corrected chi connectivity index (χ1v) is 8.50. The summed E-state index contributed by atoms with van der Waals surface area (Å²) in [6.07, 6.45) is 0. The smallest absolute Gasteiger partial charge is 0.251 e. The molecule has 0 aliphatic carbocycles. The number of hydrogen-bond acceptors (Lipinski definition) is 7. The zero-order chi connectivity index (χ0) is 18.8. The Hall–Kier alpha value is -3.26. The van der Waals surface area contributed by atoms with Gasteiger partial charge in [-0.05, 0) is 36.4 Å². The quantitative estimate of drug-likeness (QED) is 0.695. The van der Waals surface area contributed by atoms with Gasteiger partial charge < -0.3 is 24.6 Å². The molecule has 0 unspecified atom stereocenters. The van der Waals surface area contributed by atoms with E-state index in [1.54, 1.807) is 37.4 Å². The number of benzene rings is 2. The third kappa shape index (κ3) is 3.52. The van der Waals surface area contributed by atoms with E-state index in [1.807, 2.05) is 6.07 Å². The van der Waals surface area contributed by atoms with Crippen LogP contribution in [0.25, 0.3) is 11.4 Å². The van der Waals surface area contributed by atoms with Crippen LogP contribution < -0.4 is 20.1 Å². The van der Waals surface area contributed by atoms with Crippen molar-refractivity contribution in [3.63, 3.8) is 0 Å². The highest BCUT2D eigenvalue weighted by atomic mass is 35.5. The predicted molar refractivity (Wildman–Crippen MR) is 98.0 cm³/mol. The highest BCUT2D eigenvalue weighted by Gasteiger charge is 2.16. The summed E-state index contributed by atoms with van der Waals surface area (Å²) in [6, 6.07) is 10.4. The molecule has 138 valence electrons. The molecule has 0 saturated heterocycles. The van der Waals surface area contributed by atoms with Gasteiger partial charge in [0.25, 0.3) is 5.91 Å². The Labute approximate surface area is 159 Å². The van der Waals surface area contributed by atoms with Crippen LogP contribution >= 0.6 is 11.6 Å². The summed E-state index contributed by atoms with van der Waals surface area (Å²) in [4.78, 5) is 16.1. The Balaban J connectivity index is 1.48. The molecule has 3 aromatic rings. The molecule has 2 aromatic carbocycles. The lowest BCUT2D eigenvalue weighted by Gasteiger charge is -2.08. The van der Waals surface area contributed by atoms with Crippen molar-refractivity contribution in [3.05, 3.63) is 52.9 Å². The van der Waals surface area contributed by atoms with Crippen molar-refractivity contribution in [3.8, 4) is 22.9 Å². The number of hydrogen-bond donors (Lipinski definition) is 2. The highest BCUT2D eigenvalue weighted by molar-refractivity contribution is 6.33. The topological polar surface area (TPSA) is 98.5 Å². The van der Waals surface area contributed by atoms with Crippen LogP contribution in [0, 0.1) is 0 Å². The van der Waals surface area contributed by atoms with Gasteiger partial charge in [0.05, 0.1) is 17.3 Å². The van der Waals surface area contributed by atoms with Crippen LogP contribution in [0.15, 0.2) is 40.9 Å². The fourth-order valence-corrected chi connectivity index (χ4v) is 2.78. The number of rotatable bonds is 5. The molecule has 0 radical (unpaired) electrons. The molecule has 1 amide bonds. The zero-order valence-electron chi connectivity index (χ0n) is 14.3. The molecular weight excluding hydrogens is 372 g/mol. The molecule has 27 heavy (non-hydrogen) atoms. The largest absolute Gasteiger partial charge is 0.454 e. The van der Waals surface area contributed by atoms with Gasteiger partial charge in [-0.25, -0.2) is 0 Å². The number of anilines is 1. The van der Waals surface area contributed by atoms with Crippen molar-refractivity contribution in [1.29, 1.82) is 0 Å². The summed E-state index contributed by atoms with van der Waals surface area (Å²) >= 11 is 6.18. The zero-order valence-corrected chi connectivity index (χ0v) is 15.0. The minimum atomic E-state index is -0.197. The first kappa shape index (κ1) is 17.2. The van der Waals surface area contributed by atoms with Crippen LogP contribution in [0.2, 0.25) is 5.02 Å². The summed E-state index contributed by atoms with van der Waals surface area (Å²) in [5, 5.41) is 10.1. The second kappa shape index (κ2) is 7.16. The maximum Gasteiger partial charge on any atom is 0.251 e. The van der Waals surface area contributed by atoms with Crippen LogP contribution in [-0.4, -0.2) is 29.9 Å². The molecule has 2 N–H and O–H groups in total. The second-order valence-corrected chi connectivity index (χ2v) is 6.11. The molecule has 1 aromatic heterocycles. The van der Waals surface area contributed by atoms with Crippen LogP contribution in [0.3, 0.4) is 0 Å². The third-order valence-electron chi connectivity index (χ3n) is 3.98. The lowest BCUT2D eigenvalue weighted by molar-refractivity contribution is 0.0963. The van der Waals surface area contributed by atoms with Crippen molar-refractivity contribution < 1.29 is 18.8 Å². The van der Waals surface area contributed by atoms with Crippen molar-refractivity contribution in [2.45, 2.75) is 6.54 Å². The van der Waals surface area contributed by atoms with E-state index in [2.05, 4.69) is 20.8 Å². The molecule has 0 saturated carbocycles. The number of nitrogens with zero attached hydrogens (tertiary/aromatic N) is 2. The monoisotopic (exact) mass is 386 g/mol. The van der Waals surface area contributed by atoms with Crippen LogP contribution in [0.1, 0.15) is 16.2 Å². The van der Waals surface area contributed by atoms with Crippen LogP contribution in [0.5, 0.6) is 11.5 Å². The lowest BCUT2D eigenvalue weighted by atomic mass is 10.2. The number of carbonyl (C=O) groups excluding carboxylic acids is 1. The molecule has 0 fully saturated rings. The van der Waals surface area contributed by atoms with Crippen molar-refractivity contribution in [1.82, 2.24) is 15.5 Å². The summed E-state index contributed by atoms with van der Waals surface area (Å²) in [7, 11) is 1.57. The SMILES string of the molecule is CNC(=O)c1ccc(Cl)c(NCc2nc(-c3ccc4c(c3)OCO4)no2)c1. The number of amides is 1. The van der Waals surface area contributed by atoms with Crippen molar-refractivity contribution in [2.75, 3.05) is 19.2 Å². The van der Waals surface area contributed by atoms with Gasteiger partial charge in [0.15, 0.2) is 11.5 Å². The lowest BCUT2D eigenvalue weighted by Crippen LogP contribution is -2.17. The minimum Gasteiger partial charge on any atom is -0.454 e. The van der Waals surface area contributed by atoms with Gasteiger partial charge >= 0.3 is 0 Å². The maximum absolute atomic E-state index is 11.8. The average molecular weight is 387 g/mol. The Morgan fingerprint density at radius 1 is 1.19 bits per heavy atom. The van der Waals surface area contributed by atoms with Crippen LogP contribution in [0.4, 0.5) is 5.69 Å². The third-order valence-corrected chi connectivity index (χ3v) is 4.31. The average Bonchev–Trinajstić information content (AvgIpc) is 3.35. The molecule has 8 nitrogen and oxygen atoms in total. The van der Waals surface area contributed by atoms with Crippen molar-refractivity contribution in [2.24, 2.45) is 0 Å². The minimum absolute atomic E-state index is 0.197. The summed E-state index contributed by atoms with van der Waals surface area (Å²) in [6.45, 7) is 0.463. The van der Waals surface area contributed by atoms with Crippen LogP contribution in [-0.2, 0) is 6.54 Å². The van der Waals surface area contributed by atoms with E-state index in [0.717, 1.165) is 5.56 Å².